The molecule has 0 radical (unpaired) electrons. The molecule has 2 N–H and O–H groups in total. The molecule has 2 heterocycles. The van der Waals surface area contributed by atoms with Gasteiger partial charge in [0.15, 0.2) is 0 Å². The van der Waals surface area contributed by atoms with Crippen LogP contribution in [0, 0.1) is 0 Å². The second-order valence-electron chi connectivity index (χ2n) is 10.6. The van der Waals surface area contributed by atoms with E-state index < -0.39 is 11.4 Å². The number of rotatable bonds is 4. The molecule has 0 bridgehead atoms. The fourth-order valence-corrected chi connectivity index (χ4v) is 5.62. The molecule has 3 fully saturated rings. The third-order valence-corrected chi connectivity index (χ3v) is 7.52. The van der Waals surface area contributed by atoms with Gasteiger partial charge < -0.3 is 20.1 Å². The second kappa shape index (κ2) is 9.02. The smallest absolute Gasteiger partial charge is 0.201 e. The van der Waals surface area contributed by atoms with E-state index in [0.717, 1.165) is 73.7 Å². The van der Waals surface area contributed by atoms with Gasteiger partial charge in [0.05, 0.1) is 24.9 Å². The summed E-state index contributed by atoms with van der Waals surface area (Å²) in [6.07, 6.45) is 9.75. The van der Waals surface area contributed by atoms with Crippen LogP contribution in [-0.2, 0) is 14.5 Å². The van der Waals surface area contributed by atoms with E-state index in [1.165, 1.54) is 0 Å². The lowest BCUT2D eigenvalue weighted by atomic mass is 9.84. The monoisotopic (exact) mass is 455 g/mol. The summed E-state index contributed by atoms with van der Waals surface area (Å²) in [6, 6.07) is 9.44. The lowest BCUT2D eigenvalue weighted by Crippen LogP contribution is -2.55. The Morgan fingerprint density at radius 2 is 1.76 bits per heavy atom. The van der Waals surface area contributed by atoms with Crippen LogP contribution < -0.4 is 15.4 Å². The Bertz CT molecular complexity index is 953. The highest BCUT2D eigenvalue weighted by molar-refractivity contribution is 5.92. The van der Waals surface area contributed by atoms with Gasteiger partial charge in [-0.05, 0) is 64.5 Å². The summed E-state index contributed by atoms with van der Waals surface area (Å²) in [7, 11) is 1.73. The second-order valence-corrected chi connectivity index (χ2v) is 10.6. The number of anilines is 1. The van der Waals surface area contributed by atoms with Gasteiger partial charge in [0.1, 0.15) is 11.4 Å². The molecule has 1 aliphatic heterocycles. The molecule has 33 heavy (non-hydrogen) atoms. The van der Waals surface area contributed by atoms with E-state index >= 15 is 0 Å². The SMILES string of the molecule is COc1cc(N(C2CCC(N)CC2)C2CCC3(CC2)OCC(C)(C)OO3)c2ncccc2c1. The Labute approximate surface area is 196 Å². The lowest BCUT2D eigenvalue weighted by molar-refractivity contribution is -0.511. The summed E-state index contributed by atoms with van der Waals surface area (Å²) in [4.78, 5) is 18.9. The van der Waals surface area contributed by atoms with Crippen molar-refractivity contribution in [3.05, 3.63) is 30.5 Å². The molecule has 3 aliphatic rings. The van der Waals surface area contributed by atoms with Crippen molar-refractivity contribution in [3.8, 4) is 5.75 Å². The van der Waals surface area contributed by atoms with Gasteiger partial charge in [-0.15, -0.1) is 0 Å². The fourth-order valence-electron chi connectivity index (χ4n) is 5.62. The predicted molar refractivity (Wildman–Crippen MR) is 128 cm³/mol. The highest BCUT2D eigenvalue weighted by Crippen LogP contribution is 2.43. The number of pyridine rings is 1. The molecular formula is C26H37N3O4. The van der Waals surface area contributed by atoms with Crippen molar-refractivity contribution < 1.29 is 19.2 Å². The lowest BCUT2D eigenvalue weighted by Gasteiger charge is -2.49. The highest BCUT2D eigenvalue weighted by atomic mass is 17.2. The first-order chi connectivity index (χ1) is 15.9. The van der Waals surface area contributed by atoms with Crippen LogP contribution in [0.4, 0.5) is 5.69 Å². The van der Waals surface area contributed by atoms with Crippen LogP contribution in [0.15, 0.2) is 30.5 Å². The van der Waals surface area contributed by atoms with Gasteiger partial charge in [-0.25, -0.2) is 9.78 Å². The van der Waals surface area contributed by atoms with Crippen LogP contribution in [0.2, 0.25) is 0 Å². The molecule has 180 valence electrons. The van der Waals surface area contributed by atoms with Crippen LogP contribution in [0.1, 0.15) is 65.2 Å². The Morgan fingerprint density at radius 3 is 2.42 bits per heavy atom. The first-order valence-corrected chi connectivity index (χ1v) is 12.4. The molecule has 0 unspecified atom stereocenters. The zero-order chi connectivity index (χ0) is 23.1. The average molecular weight is 456 g/mol. The summed E-state index contributed by atoms with van der Waals surface area (Å²) in [5, 5.41) is 1.10. The zero-order valence-electron chi connectivity index (χ0n) is 20.1. The van der Waals surface area contributed by atoms with Crippen molar-refractivity contribution in [3.63, 3.8) is 0 Å². The zero-order valence-corrected chi connectivity index (χ0v) is 20.1. The Morgan fingerprint density at radius 1 is 1.03 bits per heavy atom. The van der Waals surface area contributed by atoms with Gasteiger partial charge in [0.25, 0.3) is 0 Å². The quantitative estimate of drug-likeness (QED) is 0.669. The maximum absolute atomic E-state index is 6.27. The minimum atomic E-state index is -0.624. The van der Waals surface area contributed by atoms with Gasteiger partial charge in [0.2, 0.25) is 5.79 Å². The number of hydrogen-bond donors (Lipinski definition) is 1. The van der Waals surface area contributed by atoms with Crippen molar-refractivity contribution in [1.82, 2.24) is 4.98 Å². The van der Waals surface area contributed by atoms with E-state index in [-0.39, 0.29) is 0 Å². The molecule has 2 saturated carbocycles. The van der Waals surface area contributed by atoms with E-state index in [1.807, 2.05) is 26.1 Å². The molecular weight excluding hydrogens is 418 g/mol. The minimum Gasteiger partial charge on any atom is -0.497 e. The van der Waals surface area contributed by atoms with Crippen LogP contribution in [0.25, 0.3) is 10.9 Å². The molecule has 0 atom stereocenters. The molecule has 5 rings (SSSR count). The van der Waals surface area contributed by atoms with Crippen LogP contribution in [0.5, 0.6) is 5.75 Å². The first kappa shape index (κ1) is 22.8. The van der Waals surface area contributed by atoms with Crippen molar-refractivity contribution in [2.75, 3.05) is 18.6 Å². The van der Waals surface area contributed by atoms with Crippen LogP contribution in [-0.4, -0.2) is 48.2 Å². The maximum atomic E-state index is 6.27. The van der Waals surface area contributed by atoms with Gasteiger partial charge in [-0.2, -0.15) is 0 Å². The average Bonchev–Trinajstić information content (AvgIpc) is 2.83. The van der Waals surface area contributed by atoms with E-state index in [9.17, 15) is 0 Å². The molecule has 1 spiro atoms. The third-order valence-electron chi connectivity index (χ3n) is 7.52. The minimum absolute atomic E-state index is 0.308. The summed E-state index contributed by atoms with van der Waals surface area (Å²) in [5.41, 5.74) is 8.06. The molecule has 2 aliphatic carbocycles. The summed E-state index contributed by atoms with van der Waals surface area (Å²) < 4.78 is 11.9. The summed E-state index contributed by atoms with van der Waals surface area (Å²) >= 11 is 0. The standard InChI is InChI=1S/C26H37N3O4/c1-25(2)17-31-26(33-32-25)12-10-21(11-13-26)29(20-8-6-19(27)7-9-20)23-16-22(30-3)15-18-5-4-14-28-24(18)23/h4-5,14-16,19-21H,6-13,17,27H2,1-3H3. The van der Waals surface area contributed by atoms with Crippen molar-refractivity contribution in [1.29, 1.82) is 0 Å². The van der Waals surface area contributed by atoms with Crippen LogP contribution >= 0.6 is 0 Å². The van der Waals surface area contributed by atoms with Gasteiger partial charge in [-0.1, -0.05) is 6.07 Å². The number of aromatic nitrogens is 1. The predicted octanol–water partition coefficient (Wildman–Crippen LogP) is 4.72. The summed E-state index contributed by atoms with van der Waals surface area (Å²) in [6.45, 7) is 4.52. The van der Waals surface area contributed by atoms with Crippen LogP contribution in [0.3, 0.4) is 0 Å². The fraction of sp³-hybridized carbons (Fsp3) is 0.654. The van der Waals surface area contributed by atoms with E-state index in [4.69, 9.17) is 30.0 Å². The number of benzene rings is 1. The van der Waals surface area contributed by atoms with Gasteiger partial charge >= 0.3 is 0 Å². The molecule has 0 amide bonds. The number of methoxy groups -OCH3 is 1. The Hall–Kier alpha value is -1.93. The molecule has 7 nitrogen and oxygen atoms in total. The van der Waals surface area contributed by atoms with Crippen molar-refractivity contribution in [2.24, 2.45) is 5.73 Å². The molecule has 2 aromatic rings. The normalized spacial score (nSPS) is 32.1. The summed E-state index contributed by atoms with van der Waals surface area (Å²) in [5.74, 6) is 0.242. The number of nitrogens with two attached hydrogens (primary N) is 1. The highest BCUT2D eigenvalue weighted by Gasteiger charge is 2.46. The topological polar surface area (TPSA) is 79.1 Å². The number of hydrogen-bond acceptors (Lipinski definition) is 7. The molecule has 1 aromatic heterocycles. The molecule has 1 saturated heterocycles. The van der Waals surface area contributed by atoms with E-state index in [2.05, 4.69) is 23.1 Å². The molecule has 1 aromatic carbocycles. The third kappa shape index (κ3) is 4.69. The van der Waals surface area contributed by atoms with Crippen molar-refractivity contribution >= 4 is 16.6 Å². The largest absolute Gasteiger partial charge is 0.497 e. The van der Waals surface area contributed by atoms with E-state index in [0.29, 0.717) is 24.7 Å². The van der Waals surface area contributed by atoms with Gasteiger partial charge in [-0.3, -0.25) is 4.98 Å². The van der Waals surface area contributed by atoms with Crippen molar-refractivity contribution in [2.45, 2.75) is 94.7 Å². The van der Waals surface area contributed by atoms with Gasteiger partial charge in [0, 0.05) is 48.6 Å². The maximum Gasteiger partial charge on any atom is 0.201 e. The molecule has 7 heteroatoms. The van der Waals surface area contributed by atoms with E-state index in [1.54, 1.807) is 7.11 Å². The number of fused-ring (bicyclic) bond motifs is 1. The number of nitrogens with zero attached hydrogens (tertiary/aromatic N) is 2. The first-order valence-electron chi connectivity index (χ1n) is 12.4. The Kier molecular flexibility index (Phi) is 6.25. The number of ether oxygens (including phenoxy) is 2. The Balaban J connectivity index is 1.45.